The van der Waals surface area contributed by atoms with Crippen LogP contribution in [-0.2, 0) is 0 Å². The molecule has 1 heterocycles. The van der Waals surface area contributed by atoms with Gasteiger partial charge in [0.25, 0.3) is 0 Å². The predicted molar refractivity (Wildman–Crippen MR) is 75.1 cm³/mol. The molecule has 5 nitrogen and oxygen atoms in total. The molecular formula is C14H20FN5. The Morgan fingerprint density at radius 1 is 1.30 bits per heavy atom. The number of aromatic nitrogens is 4. The van der Waals surface area contributed by atoms with E-state index in [1.54, 1.807) is 6.07 Å². The molecule has 1 aromatic carbocycles. The third kappa shape index (κ3) is 3.01. The van der Waals surface area contributed by atoms with Crippen molar-refractivity contribution in [1.29, 1.82) is 0 Å². The Kier molecular flexibility index (Phi) is 4.44. The van der Waals surface area contributed by atoms with Gasteiger partial charge in [-0.3, -0.25) is 0 Å². The molecule has 2 aromatic rings. The van der Waals surface area contributed by atoms with Crippen LogP contribution in [0.15, 0.2) is 18.2 Å². The zero-order valence-electron chi connectivity index (χ0n) is 12.3. The number of para-hydroxylation sites is 1. The fourth-order valence-electron chi connectivity index (χ4n) is 2.02. The third-order valence-corrected chi connectivity index (χ3v) is 3.11. The summed E-state index contributed by atoms with van der Waals surface area (Å²) in [6.07, 6.45) is 0. The monoisotopic (exact) mass is 277 g/mol. The smallest absolute Gasteiger partial charge is 0.173 e. The molecule has 0 aliphatic heterocycles. The third-order valence-electron chi connectivity index (χ3n) is 3.11. The van der Waals surface area contributed by atoms with E-state index in [0.29, 0.717) is 17.4 Å². The molecule has 1 atom stereocenters. The molecule has 1 N–H and O–H groups in total. The number of rotatable bonds is 5. The van der Waals surface area contributed by atoms with Crippen LogP contribution in [0.25, 0.3) is 5.69 Å². The van der Waals surface area contributed by atoms with Crippen LogP contribution in [-0.4, -0.2) is 26.8 Å². The summed E-state index contributed by atoms with van der Waals surface area (Å²) in [4.78, 5) is 0. The minimum atomic E-state index is -0.324. The van der Waals surface area contributed by atoms with Crippen molar-refractivity contribution in [3.63, 3.8) is 0 Å². The van der Waals surface area contributed by atoms with Crippen LogP contribution in [0.5, 0.6) is 0 Å². The largest absolute Gasteiger partial charge is 0.307 e. The van der Waals surface area contributed by atoms with E-state index in [9.17, 15) is 4.39 Å². The molecule has 1 aromatic heterocycles. The minimum Gasteiger partial charge on any atom is -0.307 e. The van der Waals surface area contributed by atoms with Crippen LogP contribution in [0.3, 0.4) is 0 Å². The molecule has 0 aliphatic rings. The molecule has 108 valence electrons. The summed E-state index contributed by atoms with van der Waals surface area (Å²) in [5.74, 6) is 0.811. The summed E-state index contributed by atoms with van der Waals surface area (Å²) in [5.41, 5.74) is 1.21. The molecular weight excluding hydrogens is 257 g/mol. The average Bonchev–Trinajstić information content (AvgIpc) is 2.85. The highest BCUT2D eigenvalue weighted by Crippen LogP contribution is 2.20. The highest BCUT2D eigenvalue weighted by atomic mass is 19.1. The lowest BCUT2D eigenvalue weighted by Gasteiger charge is -2.16. The molecule has 0 bridgehead atoms. The molecule has 1 unspecified atom stereocenters. The Labute approximate surface area is 118 Å². The maximum absolute atomic E-state index is 14.0. The number of halogens is 1. The molecule has 0 aliphatic carbocycles. The number of nitrogens with one attached hydrogen (secondary N) is 1. The number of tetrazole rings is 1. The topological polar surface area (TPSA) is 55.6 Å². The van der Waals surface area contributed by atoms with Crippen molar-refractivity contribution < 1.29 is 4.39 Å². The van der Waals surface area contributed by atoms with Crippen LogP contribution in [0, 0.1) is 18.7 Å². The molecule has 0 fully saturated rings. The fraction of sp³-hybridized carbons (Fsp3) is 0.500. The number of aryl methyl sites for hydroxylation is 1. The number of hydrogen-bond acceptors (Lipinski definition) is 4. The van der Waals surface area contributed by atoms with E-state index in [4.69, 9.17) is 0 Å². The van der Waals surface area contributed by atoms with Crippen LogP contribution < -0.4 is 5.32 Å². The van der Waals surface area contributed by atoms with E-state index in [1.807, 2.05) is 19.9 Å². The molecule has 0 spiro atoms. The number of hydrogen-bond donors (Lipinski definition) is 1. The molecule has 0 saturated heterocycles. The Hall–Kier alpha value is -1.82. The zero-order chi connectivity index (χ0) is 14.7. The maximum atomic E-state index is 14.0. The Morgan fingerprint density at radius 2 is 2.05 bits per heavy atom. The van der Waals surface area contributed by atoms with Gasteiger partial charge in [-0.25, -0.2) is 4.39 Å². The lowest BCUT2D eigenvalue weighted by Crippen LogP contribution is -2.26. The molecule has 20 heavy (non-hydrogen) atoms. The molecule has 0 radical (unpaired) electrons. The summed E-state index contributed by atoms with van der Waals surface area (Å²) in [6, 6.07) is 4.89. The zero-order valence-corrected chi connectivity index (χ0v) is 12.3. The van der Waals surface area contributed by atoms with E-state index in [1.165, 1.54) is 10.7 Å². The highest BCUT2D eigenvalue weighted by molar-refractivity contribution is 5.41. The SMILES string of the molecule is Cc1cccc(F)c1-n1nnnc1C(C)NCC(C)C. The fourth-order valence-corrected chi connectivity index (χ4v) is 2.02. The Balaban J connectivity index is 2.33. The summed E-state index contributed by atoms with van der Waals surface area (Å²) in [6.45, 7) is 8.93. The Morgan fingerprint density at radius 3 is 2.70 bits per heavy atom. The maximum Gasteiger partial charge on any atom is 0.173 e. The molecule has 0 saturated carbocycles. The highest BCUT2D eigenvalue weighted by Gasteiger charge is 2.19. The second kappa shape index (κ2) is 6.09. The summed E-state index contributed by atoms with van der Waals surface area (Å²) < 4.78 is 15.5. The molecule has 6 heteroatoms. The van der Waals surface area contributed by atoms with Crippen molar-refractivity contribution >= 4 is 0 Å². The van der Waals surface area contributed by atoms with Crippen LogP contribution in [0.4, 0.5) is 4.39 Å². The van der Waals surface area contributed by atoms with Crippen molar-refractivity contribution in [3.05, 3.63) is 35.4 Å². The Bertz CT molecular complexity index is 558. The quantitative estimate of drug-likeness (QED) is 0.912. The first-order valence-corrected chi connectivity index (χ1v) is 6.78. The van der Waals surface area contributed by atoms with Gasteiger partial charge in [0.15, 0.2) is 5.82 Å². The second-order valence-electron chi connectivity index (χ2n) is 5.38. The van der Waals surface area contributed by atoms with Crippen molar-refractivity contribution in [2.24, 2.45) is 5.92 Å². The molecule has 2 rings (SSSR count). The van der Waals surface area contributed by atoms with Gasteiger partial charge in [0.05, 0.1) is 6.04 Å². The lowest BCUT2D eigenvalue weighted by molar-refractivity contribution is 0.472. The van der Waals surface area contributed by atoms with Crippen molar-refractivity contribution in [2.75, 3.05) is 6.54 Å². The first-order chi connectivity index (χ1) is 9.50. The second-order valence-corrected chi connectivity index (χ2v) is 5.38. The normalized spacial score (nSPS) is 12.9. The standard InChI is InChI=1S/C14H20FN5/c1-9(2)8-16-11(4)14-17-18-19-20(14)13-10(3)6-5-7-12(13)15/h5-7,9,11,16H,8H2,1-4H3. The van der Waals surface area contributed by atoms with Gasteiger partial charge in [0.1, 0.15) is 11.5 Å². The van der Waals surface area contributed by atoms with Crippen LogP contribution in [0.2, 0.25) is 0 Å². The van der Waals surface area contributed by atoms with Gasteiger partial charge in [-0.2, -0.15) is 4.68 Å². The summed E-state index contributed by atoms with van der Waals surface area (Å²) >= 11 is 0. The van der Waals surface area contributed by atoms with Crippen LogP contribution in [0.1, 0.15) is 38.2 Å². The number of benzene rings is 1. The van der Waals surface area contributed by atoms with Gasteiger partial charge in [0.2, 0.25) is 0 Å². The van der Waals surface area contributed by atoms with Gasteiger partial charge in [0, 0.05) is 0 Å². The number of nitrogens with zero attached hydrogens (tertiary/aromatic N) is 4. The summed E-state index contributed by atoms with van der Waals surface area (Å²) in [5, 5.41) is 15.0. The van der Waals surface area contributed by atoms with Crippen molar-refractivity contribution in [3.8, 4) is 5.69 Å². The predicted octanol–water partition coefficient (Wildman–Crippen LogP) is 2.42. The first-order valence-electron chi connectivity index (χ1n) is 6.78. The van der Waals surface area contributed by atoms with E-state index >= 15 is 0 Å². The molecule has 0 amide bonds. The van der Waals surface area contributed by atoms with Gasteiger partial charge in [-0.15, -0.1) is 5.10 Å². The van der Waals surface area contributed by atoms with E-state index in [-0.39, 0.29) is 11.9 Å². The van der Waals surface area contributed by atoms with Crippen molar-refractivity contribution in [1.82, 2.24) is 25.5 Å². The van der Waals surface area contributed by atoms with Gasteiger partial charge >= 0.3 is 0 Å². The van der Waals surface area contributed by atoms with Gasteiger partial charge < -0.3 is 5.32 Å². The van der Waals surface area contributed by atoms with E-state index < -0.39 is 0 Å². The van der Waals surface area contributed by atoms with Gasteiger partial charge in [-0.05, 0) is 48.4 Å². The van der Waals surface area contributed by atoms with Crippen LogP contribution >= 0.6 is 0 Å². The first kappa shape index (κ1) is 14.6. The average molecular weight is 277 g/mol. The summed E-state index contributed by atoms with van der Waals surface area (Å²) in [7, 11) is 0. The van der Waals surface area contributed by atoms with Gasteiger partial charge in [-0.1, -0.05) is 26.0 Å². The minimum absolute atomic E-state index is 0.0496. The van der Waals surface area contributed by atoms with E-state index in [0.717, 1.165) is 12.1 Å². The lowest BCUT2D eigenvalue weighted by atomic mass is 10.1. The van der Waals surface area contributed by atoms with E-state index in [2.05, 4.69) is 34.7 Å². The van der Waals surface area contributed by atoms with Crippen molar-refractivity contribution in [2.45, 2.75) is 33.7 Å².